The Labute approximate surface area is 366 Å². The molecule has 3 unspecified atom stereocenters. The molecule has 0 aromatic rings. The van der Waals surface area contributed by atoms with Crippen LogP contribution in [0.25, 0.3) is 0 Å². The molecule has 3 atom stereocenters. The molecule has 0 aliphatic carbocycles. The molecule has 0 aliphatic heterocycles. The summed E-state index contributed by atoms with van der Waals surface area (Å²) in [5, 5.41) is 9.72. The normalized spacial score (nSPS) is 13.6. The van der Waals surface area contributed by atoms with Gasteiger partial charge in [-0.05, 0) is 38.5 Å². The van der Waals surface area contributed by atoms with Crippen LogP contribution in [0.2, 0.25) is 0 Å². The van der Waals surface area contributed by atoms with Crippen LogP contribution in [0.1, 0.15) is 239 Å². The maximum absolute atomic E-state index is 12.8. The second kappa shape index (κ2) is 43.9. The van der Waals surface area contributed by atoms with Gasteiger partial charge in [-0.25, -0.2) is 4.57 Å². The fourth-order valence-corrected chi connectivity index (χ4v) is 7.65. The molecule has 0 saturated carbocycles. The van der Waals surface area contributed by atoms with E-state index < -0.39 is 57.8 Å². The van der Waals surface area contributed by atoms with E-state index in [4.69, 9.17) is 23.3 Å². The van der Waals surface area contributed by atoms with E-state index in [1.807, 2.05) is 0 Å². The van der Waals surface area contributed by atoms with Crippen molar-refractivity contribution < 1.29 is 52.2 Å². The van der Waals surface area contributed by atoms with E-state index >= 15 is 0 Å². The fraction of sp³-hybridized carbons (Fsp3) is 0.896. The minimum Gasteiger partial charge on any atom is -0.462 e. The second-order valence-electron chi connectivity index (χ2n) is 16.6. The molecule has 0 radical (unpaired) electrons. The van der Waals surface area contributed by atoms with Crippen molar-refractivity contribution in [1.82, 2.24) is 0 Å². The Kier molecular flexibility index (Phi) is 42.6. The molecule has 0 rings (SSSR count). The Morgan fingerprint density at radius 1 is 0.450 bits per heavy atom. The lowest BCUT2D eigenvalue weighted by atomic mass is 10.0. The zero-order valence-corrected chi connectivity index (χ0v) is 39.6. The second-order valence-corrected chi connectivity index (χ2v) is 18.1. The summed E-state index contributed by atoms with van der Waals surface area (Å²) in [5.74, 6) is -1.46. The highest BCUT2D eigenvalue weighted by Gasteiger charge is 2.28. The van der Waals surface area contributed by atoms with Crippen molar-refractivity contribution in [3.63, 3.8) is 0 Å². The number of phosphoric acid groups is 1. The number of aliphatic hydroxyl groups excluding tert-OH is 1. The molecule has 354 valence electrons. The summed E-state index contributed by atoms with van der Waals surface area (Å²) in [5.41, 5.74) is 0. The zero-order chi connectivity index (χ0) is 44.2. The highest BCUT2D eigenvalue weighted by Crippen LogP contribution is 2.43. The van der Waals surface area contributed by atoms with Crippen molar-refractivity contribution in [2.75, 3.05) is 26.4 Å². The van der Waals surface area contributed by atoms with Crippen LogP contribution in [0.4, 0.5) is 0 Å². The Hall–Kier alpha value is -1.78. The van der Waals surface area contributed by atoms with Crippen LogP contribution in [0.5, 0.6) is 0 Å². The number of hydrogen-bond acceptors (Lipinski definition) is 10. The average molecular weight is 875 g/mol. The molecule has 12 heteroatoms. The van der Waals surface area contributed by atoms with Crippen molar-refractivity contribution >= 4 is 25.7 Å². The quantitative estimate of drug-likeness (QED) is 0.0197. The first-order valence-corrected chi connectivity index (χ1v) is 26.1. The van der Waals surface area contributed by atoms with Crippen molar-refractivity contribution in [2.45, 2.75) is 251 Å². The minimum atomic E-state index is -4.72. The lowest BCUT2D eigenvalue weighted by Gasteiger charge is -2.21. The molecule has 11 nitrogen and oxygen atoms in total. The molecule has 0 fully saturated rings. The molecule has 0 aliphatic rings. The number of aliphatic hydroxyl groups is 1. The number of carbonyl (C=O) groups excluding carboxylic acids is 3. The molecular weight excluding hydrogens is 783 g/mol. The van der Waals surface area contributed by atoms with Crippen LogP contribution in [-0.2, 0) is 42.2 Å². The molecule has 0 spiro atoms. The third-order valence-corrected chi connectivity index (χ3v) is 11.6. The van der Waals surface area contributed by atoms with Crippen molar-refractivity contribution in [3.05, 3.63) is 12.2 Å². The third-order valence-electron chi connectivity index (χ3n) is 10.7. The highest BCUT2D eigenvalue weighted by molar-refractivity contribution is 7.47. The predicted molar refractivity (Wildman–Crippen MR) is 243 cm³/mol. The molecule has 0 heterocycles. The number of hydrogen-bond donors (Lipinski definition) is 2. The molecule has 0 saturated heterocycles. The van der Waals surface area contributed by atoms with E-state index in [0.29, 0.717) is 19.3 Å². The van der Waals surface area contributed by atoms with E-state index in [1.165, 1.54) is 103 Å². The van der Waals surface area contributed by atoms with Gasteiger partial charge in [-0.15, -0.1) is 0 Å². The van der Waals surface area contributed by atoms with Gasteiger partial charge >= 0.3 is 25.7 Å². The van der Waals surface area contributed by atoms with Crippen LogP contribution in [-0.4, -0.2) is 66.5 Å². The number of unbranched alkanes of at least 4 members (excludes halogenated alkanes) is 27. The summed E-state index contributed by atoms with van der Waals surface area (Å²) in [4.78, 5) is 48.0. The number of ether oxygens (including phenoxy) is 3. The number of phosphoric ester groups is 1. The van der Waals surface area contributed by atoms with Gasteiger partial charge in [0.15, 0.2) is 6.10 Å². The SMILES string of the molecule is CCCC/C=C\CCCCCCCC(=O)OCC(COP(=O)(O)OCC(CO)OC(=O)CCCCCCCCCCC)OC(=O)CCCCCCCCCCCCCCC. The van der Waals surface area contributed by atoms with Crippen molar-refractivity contribution in [1.29, 1.82) is 0 Å². The maximum Gasteiger partial charge on any atom is 0.472 e. The minimum absolute atomic E-state index is 0.173. The van der Waals surface area contributed by atoms with Gasteiger partial charge in [-0.2, -0.15) is 0 Å². The molecule has 0 bridgehead atoms. The first-order valence-electron chi connectivity index (χ1n) is 24.6. The largest absolute Gasteiger partial charge is 0.472 e. The van der Waals surface area contributed by atoms with Crippen LogP contribution in [0.15, 0.2) is 12.2 Å². The Morgan fingerprint density at radius 2 is 0.783 bits per heavy atom. The topological polar surface area (TPSA) is 155 Å². The molecule has 0 aromatic heterocycles. The van der Waals surface area contributed by atoms with Gasteiger partial charge in [0.1, 0.15) is 12.7 Å². The van der Waals surface area contributed by atoms with Crippen LogP contribution in [0, 0.1) is 0 Å². The molecule has 0 amide bonds. The summed E-state index contributed by atoms with van der Waals surface area (Å²) < 4.78 is 39.2. The summed E-state index contributed by atoms with van der Waals surface area (Å²) in [6.07, 6.45) is 37.6. The summed E-state index contributed by atoms with van der Waals surface area (Å²) in [7, 11) is -4.72. The summed E-state index contributed by atoms with van der Waals surface area (Å²) in [6, 6.07) is 0. The molecular formula is C48H91O11P. The van der Waals surface area contributed by atoms with Gasteiger partial charge in [0.25, 0.3) is 0 Å². The smallest absolute Gasteiger partial charge is 0.462 e. The predicted octanol–water partition coefficient (Wildman–Crippen LogP) is 13.4. The fourth-order valence-electron chi connectivity index (χ4n) is 6.87. The van der Waals surface area contributed by atoms with Crippen LogP contribution in [0.3, 0.4) is 0 Å². The standard InChI is InChI=1S/C48H91O11P/c1-4-7-10-13-16-19-21-22-24-27-30-33-36-39-48(52)59-45(41-55-46(50)37-34-31-28-26-23-20-17-14-11-8-5-2)43-57-60(53,54)56-42-44(40-49)58-47(51)38-35-32-29-25-18-15-12-9-6-3/h14,17,44-45,49H,4-13,15-16,18-43H2,1-3H3,(H,53,54)/b17-14-. The zero-order valence-electron chi connectivity index (χ0n) is 38.7. The monoisotopic (exact) mass is 875 g/mol. The summed E-state index contributed by atoms with van der Waals surface area (Å²) >= 11 is 0. The van der Waals surface area contributed by atoms with E-state index in [-0.39, 0.29) is 25.9 Å². The van der Waals surface area contributed by atoms with Gasteiger partial charge in [0.05, 0.1) is 19.8 Å². The number of esters is 3. The highest BCUT2D eigenvalue weighted by atomic mass is 31.2. The van der Waals surface area contributed by atoms with E-state index in [0.717, 1.165) is 77.0 Å². The van der Waals surface area contributed by atoms with E-state index in [2.05, 4.69) is 32.9 Å². The van der Waals surface area contributed by atoms with Crippen LogP contribution >= 0.6 is 7.82 Å². The van der Waals surface area contributed by atoms with Gasteiger partial charge in [0, 0.05) is 19.3 Å². The lowest BCUT2D eigenvalue weighted by Crippen LogP contribution is -2.30. The average Bonchev–Trinajstić information content (AvgIpc) is 3.23. The van der Waals surface area contributed by atoms with Gasteiger partial charge < -0.3 is 24.2 Å². The lowest BCUT2D eigenvalue weighted by molar-refractivity contribution is -0.161. The van der Waals surface area contributed by atoms with Gasteiger partial charge in [0.2, 0.25) is 0 Å². The van der Waals surface area contributed by atoms with E-state index in [9.17, 15) is 28.9 Å². The first-order chi connectivity index (χ1) is 29.2. The number of carbonyl (C=O) groups is 3. The van der Waals surface area contributed by atoms with Gasteiger partial charge in [-0.1, -0.05) is 193 Å². The van der Waals surface area contributed by atoms with Gasteiger partial charge in [-0.3, -0.25) is 23.4 Å². The molecule has 0 aromatic carbocycles. The summed E-state index contributed by atoms with van der Waals surface area (Å²) in [6.45, 7) is 4.57. The number of allylic oxidation sites excluding steroid dienone is 2. The maximum atomic E-state index is 12.8. The Morgan fingerprint density at radius 3 is 1.20 bits per heavy atom. The Balaban J connectivity index is 4.73. The number of rotatable bonds is 46. The first kappa shape index (κ1) is 58.2. The molecule has 2 N–H and O–H groups in total. The van der Waals surface area contributed by atoms with Crippen molar-refractivity contribution in [3.8, 4) is 0 Å². The van der Waals surface area contributed by atoms with Crippen molar-refractivity contribution in [2.24, 2.45) is 0 Å². The van der Waals surface area contributed by atoms with Crippen LogP contribution < -0.4 is 0 Å². The van der Waals surface area contributed by atoms with E-state index in [1.54, 1.807) is 0 Å². The molecule has 60 heavy (non-hydrogen) atoms. The third kappa shape index (κ3) is 41.6. The Bertz CT molecular complexity index is 1070.